The number of fused-ring (bicyclic) bond motifs is 1. The summed E-state index contributed by atoms with van der Waals surface area (Å²) in [7, 11) is 1.64. The van der Waals surface area contributed by atoms with Crippen molar-refractivity contribution in [3.05, 3.63) is 29.3 Å². The molecule has 0 spiro atoms. The van der Waals surface area contributed by atoms with Gasteiger partial charge in [-0.3, -0.25) is 4.79 Å². The van der Waals surface area contributed by atoms with Crippen LogP contribution in [0.2, 0.25) is 0 Å². The van der Waals surface area contributed by atoms with E-state index in [2.05, 4.69) is 29.8 Å². The Kier molecular flexibility index (Phi) is 2.82. The summed E-state index contributed by atoms with van der Waals surface area (Å²) >= 11 is 3.50. The predicted octanol–water partition coefficient (Wildman–Crippen LogP) is 3.22. The summed E-state index contributed by atoms with van der Waals surface area (Å²) in [5, 5.41) is 0. The monoisotopic (exact) mass is 282 g/mol. The van der Waals surface area contributed by atoms with Crippen LogP contribution in [0.5, 0.6) is 5.75 Å². The third-order valence-electron chi connectivity index (χ3n) is 3.14. The summed E-state index contributed by atoms with van der Waals surface area (Å²) in [6, 6.07) is 5.67. The van der Waals surface area contributed by atoms with Crippen LogP contribution in [0.1, 0.15) is 29.8 Å². The first-order valence-electron chi connectivity index (χ1n) is 5.31. The fourth-order valence-electron chi connectivity index (χ4n) is 2.16. The third kappa shape index (κ3) is 1.77. The van der Waals surface area contributed by atoms with Gasteiger partial charge in [0.2, 0.25) is 0 Å². The fraction of sp³-hybridized carbons (Fsp3) is 0.462. The minimum Gasteiger partial charge on any atom is -0.497 e. The number of methoxy groups -OCH3 is 1. The molecule has 0 radical (unpaired) electrons. The highest BCUT2D eigenvalue weighted by atomic mass is 79.9. The molecule has 0 fully saturated rings. The van der Waals surface area contributed by atoms with Crippen molar-refractivity contribution >= 4 is 21.7 Å². The molecular formula is C13H15BrO2. The molecule has 0 aliphatic heterocycles. The first kappa shape index (κ1) is 11.6. The van der Waals surface area contributed by atoms with Gasteiger partial charge in [0.05, 0.1) is 11.9 Å². The summed E-state index contributed by atoms with van der Waals surface area (Å²) < 4.78 is 5.19. The van der Waals surface area contributed by atoms with Gasteiger partial charge in [0, 0.05) is 5.56 Å². The van der Waals surface area contributed by atoms with Gasteiger partial charge in [-0.25, -0.2) is 0 Å². The number of Topliss-reactive ketones (excluding diaryl/α,β-unsaturated/α-hetero) is 1. The Morgan fingerprint density at radius 1 is 1.44 bits per heavy atom. The number of rotatable bonds is 1. The van der Waals surface area contributed by atoms with Gasteiger partial charge in [-0.15, -0.1) is 0 Å². The summed E-state index contributed by atoms with van der Waals surface area (Å²) in [6.07, 6.45) is 0.890. The molecule has 1 aliphatic rings. The molecule has 0 unspecified atom stereocenters. The van der Waals surface area contributed by atoms with Crippen LogP contribution in [0.15, 0.2) is 18.2 Å². The highest BCUT2D eigenvalue weighted by Gasteiger charge is 2.39. The van der Waals surface area contributed by atoms with Crippen molar-refractivity contribution in [3.63, 3.8) is 0 Å². The van der Waals surface area contributed by atoms with Crippen LogP contribution in [0.4, 0.5) is 0 Å². The maximum absolute atomic E-state index is 12.1. The maximum Gasteiger partial charge on any atom is 0.177 e. The molecule has 1 aromatic carbocycles. The number of benzene rings is 1. The van der Waals surface area contributed by atoms with Crippen molar-refractivity contribution in [3.8, 4) is 5.75 Å². The van der Waals surface area contributed by atoms with E-state index in [0.29, 0.717) is 0 Å². The van der Waals surface area contributed by atoms with Crippen LogP contribution < -0.4 is 4.74 Å². The molecule has 0 saturated heterocycles. The van der Waals surface area contributed by atoms with E-state index in [1.807, 2.05) is 18.2 Å². The molecule has 1 aliphatic carbocycles. The molecule has 3 heteroatoms. The SMILES string of the molecule is COc1ccc2c(c1)CC(C)(C)[C@@H](Br)C2=O. The van der Waals surface area contributed by atoms with Gasteiger partial charge in [0.15, 0.2) is 5.78 Å². The molecule has 86 valence electrons. The molecule has 1 aromatic rings. The number of carbonyl (C=O) groups excluding carboxylic acids is 1. The minimum absolute atomic E-state index is 0.0452. The third-order valence-corrected chi connectivity index (χ3v) is 4.80. The second-order valence-electron chi connectivity index (χ2n) is 4.92. The summed E-state index contributed by atoms with van der Waals surface area (Å²) in [6.45, 7) is 4.21. The van der Waals surface area contributed by atoms with Crippen molar-refractivity contribution in [1.29, 1.82) is 0 Å². The van der Waals surface area contributed by atoms with Crippen molar-refractivity contribution in [1.82, 2.24) is 0 Å². The highest BCUT2D eigenvalue weighted by molar-refractivity contribution is 9.10. The molecule has 0 bridgehead atoms. The van der Waals surface area contributed by atoms with Crippen molar-refractivity contribution < 1.29 is 9.53 Å². The van der Waals surface area contributed by atoms with Gasteiger partial charge >= 0.3 is 0 Å². The van der Waals surface area contributed by atoms with E-state index in [0.717, 1.165) is 23.3 Å². The van der Waals surface area contributed by atoms with Crippen LogP contribution in [-0.4, -0.2) is 17.7 Å². The van der Waals surface area contributed by atoms with E-state index in [1.54, 1.807) is 7.11 Å². The summed E-state index contributed by atoms with van der Waals surface area (Å²) in [4.78, 5) is 12.0. The Morgan fingerprint density at radius 3 is 2.75 bits per heavy atom. The Bertz CT molecular complexity index is 438. The van der Waals surface area contributed by atoms with Crippen molar-refractivity contribution in [2.45, 2.75) is 25.1 Å². The second kappa shape index (κ2) is 3.88. The molecule has 1 atom stereocenters. The molecule has 2 nitrogen and oxygen atoms in total. The topological polar surface area (TPSA) is 26.3 Å². The number of alkyl halides is 1. The van der Waals surface area contributed by atoms with Gasteiger partial charge in [0.1, 0.15) is 5.75 Å². The average molecular weight is 283 g/mol. The molecule has 0 heterocycles. The first-order chi connectivity index (χ1) is 7.45. The zero-order valence-electron chi connectivity index (χ0n) is 9.71. The van der Waals surface area contributed by atoms with Gasteiger partial charge < -0.3 is 4.74 Å². The van der Waals surface area contributed by atoms with Gasteiger partial charge in [-0.1, -0.05) is 29.8 Å². The summed E-state index contributed by atoms with van der Waals surface area (Å²) in [5.41, 5.74) is 1.86. The molecule has 16 heavy (non-hydrogen) atoms. The lowest BCUT2D eigenvalue weighted by molar-refractivity contribution is 0.0929. The Labute approximate surface area is 104 Å². The van der Waals surface area contributed by atoms with Gasteiger partial charge in [0.25, 0.3) is 0 Å². The lowest BCUT2D eigenvalue weighted by atomic mass is 9.73. The number of hydrogen-bond acceptors (Lipinski definition) is 2. The van der Waals surface area contributed by atoms with Crippen LogP contribution >= 0.6 is 15.9 Å². The highest BCUT2D eigenvalue weighted by Crippen LogP contribution is 2.40. The number of ketones is 1. The molecular weight excluding hydrogens is 268 g/mol. The lowest BCUT2D eigenvalue weighted by Gasteiger charge is -2.35. The first-order valence-corrected chi connectivity index (χ1v) is 6.22. The Hall–Kier alpha value is -0.830. The molecule has 2 rings (SSSR count). The molecule has 0 saturated carbocycles. The van der Waals surface area contributed by atoms with Crippen molar-refractivity contribution in [2.24, 2.45) is 5.41 Å². The van der Waals surface area contributed by atoms with E-state index < -0.39 is 0 Å². The van der Waals surface area contributed by atoms with Crippen LogP contribution in [0, 0.1) is 5.41 Å². The summed E-state index contributed by atoms with van der Waals surface area (Å²) in [5.74, 6) is 0.990. The van der Waals surface area contributed by atoms with E-state index >= 15 is 0 Å². The van der Waals surface area contributed by atoms with Crippen molar-refractivity contribution in [2.75, 3.05) is 7.11 Å². The van der Waals surface area contributed by atoms with Crippen LogP contribution in [-0.2, 0) is 6.42 Å². The quantitative estimate of drug-likeness (QED) is 0.740. The van der Waals surface area contributed by atoms with Gasteiger partial charge in [-0.05, 0) is 35.6 Å². The largest absolute Gasteiger partial charge is 0.497 e. The molecule has 0 aromatic heterocycles. The van der Waals surface area contributed by atoms with E-state index in [4.69, 9.17) is 4.74 Å². The lowest BCUT2D eigenvalue weighted by Crippen LogP contribution is -2.38. The number of hydrogen-bond donors (Lipinski definition) is 0. The zero-order chi connectivity index (χ0) is 11.9. The zero-order valence-corrected chi connectivity index (χ0v) is 11.3. The van der Waals surface area contributed by atoms with E-state index in [1.165, 1.54) is 0 Å². The van der Waals surface area contributed by atoms with Gasteiger partial charge in [-0.2, -0.15) is 0 Å². The molecule has 0 amide bonds. The number of ether oxygens (including phenoxy) is 1. The smallest absolute Gasteiger partial charge is 0.177 e. The Balaban J connectivity index is 2.51. The Morgan fingerprint density at radius 2 is 2.12 bits per heavy atom. The fourth-order valence-corrected chi connectivity index (χ4v) is 2.56. The standard InChI is InChI=1S/C13H15BrO2/c1-13(2)7-8-6-9(16-3)4-5-10(8)11(15)12(13)14/h4-6,12H,7H2,1-3H3/t12-/m0/s1. The normalized spacial score (nSPS) is 22.8. The minimum atomic E-state index is -0.0964. The average Bonchev–Trinajstić information content (AvgIpc) is 2.25. The number of carbonyl (C=O) groups is 1. The number of halogens is 1. The maximum atomic E-state index is 12.1. The van der Waals surface area contributed by atoms with E-state index in [9.17, 15) is 4.79 Å². The van der Waals surface area contributed by atoms with Crippen LogP contribution in [0.3, 0.4) is 0 Å². The van der Waals surface area contributed by atoms with E-state index in [-0.39, 0.29) is 16.0 Å². The van der Waals surface area contributed by atoms with Crippen LogP contribution in [0.25, 0.3) is 0 Å². The predicted molar refractivity (Wildman–Crippen MR) is 67.5 cm³/mol. The second-order valence-corrected chi connectivity index (χ2v) is 5.83. The molecule has 0 N–H and O–H groups in total.